The molecule has 1 aliphatic heterocycles. The number of rotatable bonds is 2. The zero-order chi connectivity index (χ0) is 15.8. The summed E-state index contributed by atoms with van der Waals surface area (Å²) in [5.74, 6) is 0.00583. The molecule has 1 saturated heterocycles. The first-order valence-electron chi connectivity index (χ1n) is 7.32. The van der Waals surface area contributed by atoms with Crippen molar-refractivity contribution >= 4 is 12.0 Å². The highest BCUT2D eigenvalue weighted by Gasteiger charge is 2.36. The molecule has 2 rings (SSSR count). The van der Waals surface area contributed by atoms with E-state index >= 15 is 0 Å². The van der Waals surface area contributed by atoms with Gasteiger partial charge in [0.2, 0.25) is 5.91 Å². The fourth-order valence-electron chi connectivity index (χ4n) is 2.67. The molecule has 116 valence electrons. The summed E-state index contributed by atoms with van der Waals surface area (Å²) in [6, 6.07) is 2.11. The van der Waals surface area contributed by atoms with Crippen molar-refractivity contribution in [3.63, 3.8) is 0 Å². The summed E-state index contributed by atoms with van der Waals surface area (Å²) in [6.07, 6.45) is 1.95. The zero-order valence-corrected chi connectivity index (χ0v) is 13.5. The lowest BCUT2D eigenvalue weighted by atomic mass is 10.1. The van der Waals surface area contributed by atoms with E-state index in [4.69, 9.17) is 4.74 Å². The first kappa shape index (κ1) is 15.6. The monoisotopic (exact) mass is 292 g/mol. The number of hydrogen-bond acceptors (Lipinski definition) is 3. The molecule has 2 amide bonds. The maximum Gasteiger partial charge on any atom is 0.417 e. The van der Waals surface area contributed by atoms with Crippen molar-refractivity contribution in [2.75, 3.05) is 6.54 Å². The van der Waals surface area contributed by atoms with Gasteiger partial charge in [-0.05, 0) is 46.2 Å². The Morgan fingerprint density at radius 2 is 2.05 bits per heavy atom. The second kappa shape index (κ2) is 5.54. The van der Waals surface area contributed by atoms with Crippen LogP contribution in [0.15, 0.2) is 12.3 Å². The quantitative estimate of drug-likeness (QED) is 0.842. The molecule has 5 nitrogen and oxygen atoms in total. The number of carbonyl (C=O) groups excluding carboxylic acids is 2. The molecule has 21 heavy (non-hydrogen) atoms. The largest absolute Gasteiger partial charge is 0.443 e. The summed E-state index contributed by atoms with van der Waals surface area (Å²) < 4.78 is 7.42. The van der Waals surface area contributed by atoms with Gasteiger partial charge in [-0.15, -0.1) is 0 Å². The van der Waals surface area contributed by atoms with Gasteiger partial charge in [0, 0.05) is 37.3 Å². The van der Waals surface area contributed by atoms with Gasteiger partial charge in [-0.2, -0.15) is 0 Å². The maximum atomic E-state index is 12.0. The van der Waals surface area contributed by atoms with Gasteiger partial charge in [0.15, 0.2) is 0 Å². The predicted molar refractivity (Wildman–Crippen MR) is 80.0 cm³/mol. The molecule has 5 heteroatoms. The van der Waals surface area contributed by atoms with Gasteiger partial charge in [0.05, 0.1) is 0 Å². The van der Waals surface area contributed by atoms with Crippen LogP contribution in [0.2, 0.25) is 0 Å². The first-order chi connectivity index (χ1) is 9.65. The molecule has 1 atom stereocenters. The first-order valence-corrected chi connectivity index (χ1v) is 7.32. The fraction of sp³-hybridized carbons (Fsp3) is 0.625. The Morgan fingerprint density at radius 3 is 2.57 bits per heavy atom. The molecule has 0 aromatic carbocycles. The normalized spacial score (nSPS) is 19.2. The Balaban J connectivity index is 1.99. The standard InChI is InChI=1S/C16H24N2O3/c1-11-6-12(2)17(8-11)9-13-7-14(19)18(10-13)15(20)21-16(3,4)5/h6,8,13H,7,9-10H2,1-5H3. The molecule has 1 unspecified atom stereocenters. The minimum absolute atomic E-state index is 0.143. The number of aryl methyl sites for hydroxylation is 2. The van der Waals surface area contributed by atoms with Gasteiger partial charge >= 0.3 is 6.09 Å². The lowest BCUT2D eigenvalue weighted by Gasteiger charge is -2.23. The number of carbonyl (C=O) groups is 2. The molecule has 0 N–H and O–H groups in total. The van der Waals surface area contributed by atoms with Gasteiger partial charge in [0.1, 0.15) is 5.60 Å². The zero-order valence-electron chi connectivity index (χ0n) is 13.5. The Kier molecular flexibility index (Phi) is 4.12. The number of aromatic nitrogens is 1. The van der Waals surface area contributed by atoms with Crippen molar-refractivity contribution < 1.29 is 14.3 Å². The van der Waals surface area contributed by atoms with E-state index in [9.17, 15) is 9.59 Å². The van der Waals surface area contributed by atoms with Crippen LogP contribution in [0.1, 0.15) is 38.4 Å². The summed E-state index contributed by atoms with van der Waals surface area (Å²) in [5.41, 5.74) is 1.81. The molecule has 1 aliphatic rings. The second-order valence-electron chi connectivity index (χ2n) is 6.87. The fourth-order valence-corrected chi connectivity index (χ4v) is 2.67. The van der Waals surface area contributed by atoms with E-state index in [2.05, 4.69) is 30.7 Å². The molecule has 0 saturated carbocycles. The Labute approximate surface area is 125 Å². The molecule has 0 bridgehead atoms. The average molecular weight is 292 g/mol. The van der Waals surface area contributed by atoms with E-state index in [0.29, 0.717) is 13.0 Å². The summed E-state index contributed by atoms with van der Waals surface area (Å²) in [5, 5.41) is 0. The van der Waals surface area contributed by atoms with E-state index in [1.807, 2.05) is 0 Å². The van der Waals surface area contributed by atoms with Crippen LogP contribution >= 0.6 is 0 Å². The highest BCUT2D eigenvalue weighted by Crippen LogP contribution is 2.23. The van der Waals surface area contributed by atoms with Gasteiger partial charge in [0.25, 0.3) is 0 Å². The minimum atomic E-state index is -0.580. The molecule has 2 heterocycles. The van der Waals surface area contributed by atoms with Crippen LogP contribution < -0.4 is 0 Å². The van der Waals surface area contributed by atoms with Crippen LogP contribution in [-0.4, -0.2) is 33.6 Å². The van der Waals surface area contributed by atoms with Crippen LogP contribution in [-0.2, 0) is 16.1 Å². The van der Waals surface area contributed by atoms with Crippen molar-refractivity contribution in [2.24, 2.45) is 5.92 Å². The van der Waals surface area contributed by atoms with Crippen LogP contribution in [0.3, 0.4) is 0 Å². The maximum absolute atomic E-state index is 12.0. The Bertz CT molecular complexity index is 554. The number of ether oxygens (including phenoxy) is 1. The Morgan fingerprint density at radius 1 is 1.38 bits per heavy atom. The molecule has 1 fully saturated rings. The van der Waals surface area contributed by atoms with E-state index in [0.717, 1.165) is 6.54 Å². The van der Waals surface area contributed by atoms with Gasteiger partial charge in [-0.25, -0.2) is 9.69 Å². The smallest absolute Gasteiger partial charge is 0.417 e. The second-order valence-corrected chi connectivity index (χ2v) is 6.87. The molecule has 0 radical (unpaired) electrons. The summed E-state index contributed by atoms with van der Waals surface area (Å²) in [7, 11) is 0. The van der Waals surface area contributed by atoms with Crippen molar-refractivity contribution in [3.8, 4) is 0 Å². The molecule has 0 spiro atoms. The molecular formula is C16H24N2O3. The number of amides is 2. The third-order valence-electron chi connectivity index (χ3n) is 3.52. The number of imide groups is 1. The van der Waals surface area contributed by atoms with Crippen LogP contribution in [0, 0.1) is 19.8 Å². The SMILES string of the molecule is Cc1cc(C)n(CC2CC(=O)N(C(=O)OC(C)(C)C)C2)c1. The lowest BCUT2D eigenvalue weighted by Crippen LogP contribution is -2.37. The van der Waals surface area contributed by atoms with Crippen LogP contribution in [0.5, 0.6) is 0 Å². The Hall–Kier alpha value is -1.78. The highest BCUT2D eigenvalue weighted by atomic mass is 16.6. The molecule has 1 aromatic rings. The summed E-state index contributed by atoms with van der Waals surface area (Å²) >= 11 is 0. The van der Waals surface area contributed by atoms with Gasteiger partial charge in [-0.3, -0.25) is 4.79 Å². The van der Waals surface area contributed by atoms with Crippen molar-refractivity contribution in [2.45, 2.75) is 53.2 Å². The lowest BCUT2D eigenvalue weighted by molar-refractivity contribution is -0.127. The van der Waals surface area contributed by atoms with E-state index < -0.39 is 11.7 Å². The number of nitrogens with zero attached hydrogens (tertiary/aromatic N) is 2. The minimum Gasteiger partial charge on any atom is -0.443 e. The third kappa shape index (κ3) is 3.86. The van der Waals surface area contributed by atoms with Crippen LogP contribution in [0.25, 0.3) is 0 Å². The highest BCUT2D eigenvalue weighted by molar-refractivity contribution is 5.93. The molecule has 0 aliphatic carbocycles. The topological polar surface area (TPSA) is 51.5 Å². The van der Waals surface area contributed by atoms with Gasteiger partial charge in [-0.1, -0.05) is 0 Å². The van der Waals surface area contributed by atoms with E-state index in [1.54, 1.807) is 20.8 Å². The van der Waals surface area contributed by atoms with Crippen molar-refractivity contribution in [1.82, 2.24) is 9.47 Å². The molecular weight excluding hydrogens is 268 g/mol. The van der Waals surface area contributed by atoms with Gasteiger partial charge < -0.3 is 9.30 Å². The number of hydrogen-bond donors (Lipinski definition) is 0. The predicted octanol–water partition coefficient (Wildman–Crippen LogP) is 2.89. The molecule has 1 aromatic heterocycles. The van der Waals surface area contributed by atoms with E-state index in [1.165, 1.54) is 16.2 Å². The summed E-state index contributed by atoms with van der Waals surface area (Å²) in [6.45, 7) is 10.7. The average Bonchev–Trinajstić information content (AvgIpc) is 2.80. The van der Waals surface area contributed by atoms with Crippen molar-refractivity contribution in [1.29, 1.82) is 0 Å². The van der Waals surface area contributed by atoms with Crippen LogP contribution in [0.4, 0.5) is 4.79 Å². The van der Waals surface area contributed by atoms with E-state index in [-0.39, 0.29) is 11.8 Å². The third-order valence-corrected chi connectivity index (χ3v) is 3.52. The number of likely N-dealkylation sites (tertiary alicyclic amines) is 1. The summed E-state index contributed by atoms with van der Waals surface area (Å²) in [4.78, 5) is 25.3. The van der Waals surface area contributed by atoms with Crippen molar-refractivity contribution in [3.05, 3.63) is 23.5 Å².